The molecule has 1 unspecified atom stereocenters. The minimum absolute atomic E-state index is 0.157. The van der Waals surface area contributed by atoms with Crippen LogP contribution < -0.4 is 4.90 Å². The Balaban J connectivity index is 1.97. The third-order valence-electron chi connectivity index (χ3n) is 4.34. The van der Waals surface area contributed by atoms with E-state index in [1.165, 1.54) is 13.0 Å². The lowest BCUT2D eigenvalue weighted by molar-refractivity contribution is -0.0466. The first-order valence-corrected chi connectivity index (χ1v) is 7.75. The Kier molecular flexibility index (Phi) is 4.18. The van der Waals surface area contributed by atoms with Crippen LogP contribution in [0.5, 0.6) is 0 Å². The first-order chi connectivity index (χ1) is 11.0. The summed E-state index contributed by atoms with van der Waals surface area (Å²) in [5.41, 5.74) is 1.39. The number of Topliss-reactive ketones (excluding diaryl/α,β-unsaturated/α-hetero) is 1. The average molecular weight is 313 g/mol. The molecular formula is C19H20FNO2. The van der Waals surface area contributed by atoms with E-state index in [-0.39, 0.29) is 11.3 Å². The summed E-state index contributed by atoms with van der Waals surface area (Å²) >= 11 is 0. The summed E-state index contributed by atoms with van der Waals surface area (Å²) in [4.78, 5) is 13.9. The van der Waals surface area contributed by atoms with Gasteiger partial charge in [-0.05, 0) is 31.5 Å². The van der Waals surface area contributed by atoms with E-state index >= 15 is 0 Å². The second kappa shape index (κ2) is 6.13. The minimum atomic E-state index is -0.486. The molecule has 0 amide bonds. The van der Waals surface area contributed by atoms with Crippen molar-refractivity contribution < 1.29 is 13.9 Å². The van der Waals surface area contributed by atoms with Crippen molar-refractivity contribution in [2.75, 3.05) is 24.6 Å². The lowest BCUT2D eigenvalue weighted by Crippen LogP contribution is -2.48. The molecule has 1 heterocycles. The molecule has 2 aromatic carbocycles. The standard InChI is InChI=1S/C19H20FNO2/c1-14(22)18-16(20)9-6-10-17(18)21-11-12-23-19(2,13-21)15-7-4-3-5-8-15/h3-10H,11-13H2,1-2H3. The van der Waals surface area contributed by atoms with Crippen molar-refractivity contribution >= 4 is 11.5 Å². The van der Waals surface area contributed by atoms with E-state index in [4.69, 9.17) is 4.74 Å². The van der Waals surface area contributed by atoms with E-state index < -0.39 is 11.4 Å². The quantitative estimate of drug-likeness (QED) is 0.808. The molecule has 0 saturated carbocycles. The van der Waals surface area contributed by atoms with Crippen LogP contribution in [-0.4, -0.2) is 25.5 Å². The molecule has 2 aromatic rings. The van der Waals surface area contributed by atoms with Crippen LogP contribution in [0.1, 0.15) is 29.8 Å². The van der Waals surface area contributed by atoms with Crippen molar-refractivity contribution in [1.29, 1.82) is 0 Å². The largest absolute Gasteiger partial charge is 0.367 e. The molecule has 0 N–H and O–H groups in total. The van der Waals surface area contributed by atoms with Gasteiger partial charge in [0.05, 0.1) is 24.4 Å². The first-order valence-electron chi connectivity index (χ1n) is 7.75. The van der Waals surface area contributed by atoms with Crippen LogP contribution >= 0.6 is 0 Å². The second-order valence-corrected chi connectivity index (χ2v) is 6.06. The number of carbonyl (C=O) groups is 1. The van der Waals surface area contributed by atoms with Crippen LogP contribution in [0.3, 0.4) is 0 Å². The van der Waals surface area contributed by atoms with Gasteiger partial charge in [0, 0.05) is 6.54 Å². The number of ether oxygens (including phenoxy) is 1. The highest BCUT2D eigenvalue weighted by Crippen LogP contribution is 2.33. The number of carbonyl (C=O) groups excluding carboxylic acids is 1. The fraction of sp³-hybridized carbons (Fsp3) is 0.316. The molecule has 1 atom stereocenters. The smallest absolute Gasteiger partial charge is 0.164 e. The zero-order valence-corrected chi connectivity index (χ0v) is 13.4. The van der Waals surface area contributed by atoms with Crippen molar-refractivity contribution in [2.45, 2.75) is 19.4 Å². The van der Waals surface area contributed by atoms with Crippen LogP contribution in [0.25, 0.3) is 0 Å². The molecule has 1 aliphatic rings. The maximum absolute atomic E-state index is 14.1. The van der Waals surface area contributed by atoms with Crippen LogP contribution in [-0.2, 0) is 10.3 Å². The zero-order chi connectivity index (χ0) is 16.4. The molecule has 3 rings (SSSR count). The third kappa shape index (κ3) is 2.99. The highest BCUT2D eigenvalue weighted by molar-refractivity contribution is 6.00. The molecule has 0 radical (unpaired) electrons. The van der Waals surface area contributed by atoms with Crippen LogP contribution in [0.4, 0.5) is 10.1 Å². The molecule has 0 aromatic heterocycles. The summed E-state index contributed by atoms with van der Waals surface area (Å²) in [7, 11) is 0. The van der Waals surface area contributed by atoms with E-state index in [2.05, 4.69) is 0 Å². The molecule has 0 aliphatic carbocycles. The van der Waals surface area contributed by atoms with Crippen LogP contribution in [0.15, 0.2) is 48.5 Å². The SMILES string of the molecule is CC(=O)c1c(F)cccc1N1CCOC(C)(c2ccccc2)C1. The molecule has 3 nitrogen and oxygen atoms in total. The topological polar surface area (TPSA) is 29.5 Å². The Labute approximate surface area is 135 Å². The zero-order valence-electron chi connectivity index (χ0n) is 13.4. The predicted octanol–water partition coefficient (Wildman–Crippen LogP) is 3.78. The average Bonchev–Trinajstić information content (AvgIpc) is 2.55. The van der Waals surface area contributed by atoms with Crippen LogP contribution in [0, 0.1) is 5.82 Å². The summed E-state index contributed by atoms with van der Waals surface area (Å²) in [6.07, 6.45) is 0. The Morgan fingerprint density at radius 3 is 2.61 bits per heavy atom. The summed E-state index contributed by atoms with van der Waals surface area (Å²) in [5.74, 6) is -0.728. The Bertz CT molecular complexity index is 717. The van der Waals surface area contributed by atoms with Crippen LogP contribution in [0.2, 0.25) is 0 Å². The number of nitrogens with zero attached hydrogens (tertiary/aromatic N) is 1. The van der Waals surface area contributed by atoms with E-state index in [9.17, 15) is 9.18 Å². The number of hydrogen-bond donors (Lipinski definition) is 0. The highest BCUT2D eigenvalue weighted by Gasteiger charge is 2.35. The summed E-state index contributed by atoms with van der Waals surface area (Å²) in [6.45, 7) is 5.16. The molecule has 4 heteroatoms. The Morgan fingerprint density at radius 1 is 1.17 bits per heavy atom. The van der Waals surface area contributed by atoms with E-state index in [1.807, 2.05) is 42.2 Å². The maximum atomic E-state index is 14.1. The monoisotopic (exact) mass is 313 g/mol. The van der Waals surface area contributed by atoms with Gasteiger partial charge < -0.3 is 9.64 Å². The number of hydrogen-bond acceptors (Lipinski definition) is 3. The number of anilines is 1. The van der Waals surface area contributed by atoms with Gasteiger partial charge in [-0.1, -0.05) is 36.4 Å². The summed E-state index contributed by atoms with van der Waals surface area (Å²) in [5, 5.41) is 0. The van der Waals surface area contributed by atoms with Crippen molar-refractivity contribution in [3.05, 3.63) is 65.5 Å². The van der Waals surface area contributed by atoms with E-state index in [0.29, 0.717) is 25.4 Å². The second-order valence-electron chi connectivity index (χ2n) is 6.06. The predicted molar refractivity (Wildman–Crippen MR) is 88.4 cm³/mol. The van der Waals surface area contributed by atoms with Crippen molar-refractivity contribution in [3.63, 3.8) is 0 Å². The number of halogens is 1. The fourth-order valence-electron chi connectivity index (χ4n) is 3.17. The summed E-state index contributed by atoms with van der Waals surface area (Å²) in [6, 6.07) is 14.8. The van der Waals surface area contributed by atoms with Gasteiger partial charge >= 0.3 is 0 Å². The molecular weight excluding hydrogens is 293 g/mol. The third-order valence-corrected chi connectivity index (χ3v) is 4.34. The minimum Gasteiger partial charge on any atom is -0.367 e. The molecule has 120 valence electrons. The number of benzene rings is 2. The Morgan fingerprint density at radius 2 is 1.91 bits per heavy atom. The molecule has 1 aliphatic heterocycles. The molecule has 0 bridgehead atoms. The number of morpholine rings is 1. The van der Waals surface area contributed by atoms with Gasteiger partial charge in [-0.15, -0.1) is 0 Å². The van der Waals surface area contributed by atoms with Gasteiger partial charge in [0.15, 0.2) is 5.78 Å². The highest BCUT2D eigenvalue weighted by atomic mass is 19.1. The Hall–Kier alpha value is -2.20. The van der Waals surface area contributed by atoms with Crippen molar-refractivity contribution in [2.24, 2.45) is 0 Å². The van der Waals surface area contributed by atoms with E-state index in [1.54, 1.807) is 12.1 Å². The van der Waals surface area contributed by atoms with Gasteiger partial charge in [0.25, 0.3) is 0 Å². The van der Waals surface area contributed by atoms with Gasteiger partial charge in [-0.3, -0.25) is 4.79 Å². The van der Waals surface area contributed by atoms with Gasteiger partial charge in [0.1, 0.15) is 11.4 Å². The lowest BCUT2D eigenvalue weighted by Gasteiger charge is -2.42. The number of rotatable bonds is 3. The van der Waals surface area contributed by atoms with Crippen molar-refractivity contribution in [3.8, 4) is 0 Å². The van der Waals surface area contributed by atoms with E-state index in [0.717, 1.165) is 5.56 Å². The lowest BCUT2D eigenvalue weighted by atomic mass is 9.93. The van der Waals surface area contributed by atoms with Gasteiger partial charge in [-0.25, -0.2) is 4.39 Å². The molecule has 0 spiro atoms. The molecule has 1 fully saturated rings. The fourth-order valence-corrected chi connectivity index (χ4v) is 3.17. The van der Waals surface area contributed by atoms with Gasteiger partial charge in [-0.2, -0.15) is 0 Å². The molecule has 1 saturated heterocycles. The maximum Gasteiger partial charge on any atom is 0.164 e. The summed E-state index contributed by atoms with van der Waals surface area (Å²) < 4.78 is 20.1. The van der Waals surface area contributed by atoms with Gasteiger partial charge in [0.2, 0.25) is 0 Å². The number of ketones is 1. The normalized spacial score (nSPS) is 21.3. The molecule has 23 heavy (non-hydrogen) atoms. The van der Waals surface area contributed by atoms with Crippen molar-refractivity contribution in [1.82, 2.24) is 0 Å². The first kappa shape index (κ1) is 15.7.